The van der Waals surface area contributed by atoms with E-state index in [0.717, 1.165) is 0 Å². The fourth-order valence-corrected chi connectivity index (χ4v) is 1.91. The molecule has 8 heteroatoms. The molecular formula is C13H15N3O5. The molecule has 1 saturated heterocycles. The number of piperazine rings is 1. The largest absolute Gasteiger partial charge is 0.459 e. The number of hydrogen-bond donors (Lipinski definition) is 2. The van der Waals surface area contributed by atoms with Crippen molar-refractivity contribution >= 4 is 23.6 Å². The molecule has 2 heterocycles. The normalized spacial score (nSPS) is 14.8. The molecule has 0 saturated carbocycles. The first kappa shape index (κ1) is 14.8. The van der Waals surface area contributed by atoms with Gasteiger partial charge in [-0.15, -0.1) is 0 Å². The molecule has 1 aliphatic rings. The molecular weight excluding hydrogens is 278 g/mol. The molecule has 0 radical (unpaired) electrons. The van der Waals surface area contributed by atoms with Crippen LogP contribution in [-0.4, -0.2) is 48.2 Å². The predicted molar refractivity (Wildman–Crippen MR) is 70.0 cm³/mol. The Morgan fingerprint density at radius 1 is 1.29 bits per heavy atom. The van der Waals surface area contributed by atoms with Gasteiger partial charge in [0.1, 0.15) is 13.1 Å². The highest BCUT2D eigenvalue weighted by Crippen LogP contribution is 2.02. The maximum absolute atomic E-state index is 11.8. The summed E-state index contributed by atoms with van der Waals surface area (Å²) in [5.41, 5.74) is 0. The second kappa shape index (κ2) is 6.69. The predicted octanol–water partition coefficient (Wildman–Crippen LogP) is -0.725. The Balaban J connectivity index is 1.68. The number of nitrogens with one attached hydrogen (secondary N) is 2. The van der Waals surface area contributed by atoms with Gasteiger partial charge in [0.15, 0.2) is 5.76 Å². The molecule has 8 nitrogen and oxygen atoms in total. The van der Waals surface area contributed by atoms with Crippen molar-refractivity contribution in [1.82, 2.24) is 15.5 Å². The number of amides is 4. The number of rotatable bonds is 5. The van der Waals surface area contributed by atoms with E-state index in [0.29, 0.717) is 13.0 Å². The van der Waals surface area contributed by atoms with E-state index < -0.39 is 11.8 Å². The average molecular weight is 293 g/mol. The van der Waals surface area contributed by atoms with Crippen LogP contribution in [0.15, 0.2) is 22.8 Å². The van der Waals surface area contributed by atoms with Crippen molar-refractivity contribution < 1.29 is 23.6 Å². The number of carbonyl (C=O) groups is 4. The molecule has 0 bridgehead atoms. The molecule has 2 rings (SSSR count). The van der Waals surface area contributed by atoms with Crippen molar-refractivity contribution in [2.24, 2.45) is 0 Å². The van der Waals surface area contributed by atoms with Crippen LogP contribution in [0.3, 0.4) is 0 Å². The first-order valence-electron chi connectivity index (χ1n) is 6.48. The van der Waals surface area contributed by atoms with Gasteiger partial charge in [0, 0.05) is 13.0 Å². The molecule has 0 unspecified atom stereocenters. The van der Waals surface area contributed by atoms with Crippen LogP contribution in [0, 0.1) is 0 Å². The Kier molecular flexibility index (Phi) is 4.70. The van der Waals surface area contributed by atoms with E-state index in [1.165, 1.54) is 11.2 Å². The first-order chi connectivity index (χ1) is 10.1. The van der Waals surface area contributed by atoms with Gasteiger partial charge in [-0.05, 0) is 18.6 Å². The molecule has 0 atom stereocenters. The standard InChI is InChI=1S/C13H15N3O5/c17-10-7-16(8-11(18)15-10)12(19)4-1-5-14-13(20)9-3-2-6-21-9/h2-3,6H,1,4-5,7-8H2,(H,14,20)(H,15,17,18). The van der Waals surface area contributed by atoms with Crippen LogP contribution in [0.25, 0.3) is 0 Å². The zero-order chi connectivity index (χ0) is 15.2. The van der Waals surface area contributed by atoms with Crippen LogP contribution in [-0.2, 0) is 14.4 Å². The smallest absolute Gasteiger partial charge is 0.286 e. The van der Waals surface area contributed by atoms with E-state index in [4.69, 9.17) is 4.42 Å². The highest BCUT2D eigenvalue weighted by Gasteiger charge is 2.25. The third-order valence-corrected chi connectivity index (χ3v) is 2.90. The van der Waals surface area contributed by atoms with Crippen molar-refractivity contribution in [3.63, 3.8) is 0 Å². The van der Waals surface area contributed by atoms with Crippen LogP contribution >= 0.6 is 0 Å². The van der Waals surface area contributed by atoms with Gasteiger partial charge >= 0.3 is 0 Å². The zero-order valence-electron chi connectivity index (χ0n) is 11.3. The fourth-order valence-electron chi connectivity index (χ4n) is 1.91. The van der Waals surface area contributed by atoms with E-state index in [-0.39, 0.29) is 37.1 Å². The highest BCUT2D eigenvalue weighted by molar-refractivity contribution is 6.02. The lowest BCUT2D eigenvalue weighted by atomic mass is 10.2. The number of carbonyl (C=O) groups excluding carboxylic acids is 4. The van der Waals surface area contributed by atoms with E-state index in [9.17, 15) is 19.2 Å². The summed E-state index contributed by atoms with van der Waals surface area (Å²) < 4.78 is 4.92. The van der Waals surface area contributed by atoms with Crippen LogP contribution in [0.2, 0.25) is 0 Å². The SMILES string of the molecule is O=C1CN(C(=O)CCCNC(=O)c2ccco2)CC(=O)N1. The van der Waals surface area contributed by atoms with E-state index in [2.05, 4.69) is 10.6 Å². The van der Waals surface area contributed by atoms with Crippen molar-refractivity contribution in [1.29, 1.82) is 0 Å². The Morgan fingerprint density at radius 3 is 2.62 bits per heavy atom. The second-order valence-corrected chi connectivity index (χ2v) is 4.56. The molecule has 1 aromatic rings. The second-order valence-electron chi connectivity index (χ2n) is 4.56. The van der Waals surface area contributed by atoms with Gasteiger partial charge in [-0.3, -0.25) is 24.5 Å². The van der Waals surface area contributed by atoms with E-state index in [1.54, 1.807) is 12.1 Å². The number of imide groups is 1. The van der Waals surface area contributed by atoms with Gasteiger partial charge in [-0.1, -0.05) is 0 Å². The Labute approximate surface area is 120 Å². The average Bonchev–Trinajstić information content (AvgIpc) is 2.96. The monoisotopic (exact) mass is 293 g/mol. The van der Waals surface area contributed by atoms with Gasteiger partial charge in [0.05, 0.1) is 6.26 Å². The number of furan rings is 1. The Hall–Kier alpha value is -2.64. The topological polar surface area (TPSA) is 109 Å². The minimum Gasteiger partial charge on any atom is -0.459 e. The van der Waals surface area contributed by atoms with E-state index in [1.807, 2.05) is 0 Å². The summed E-state index contributed by atoms with van der Waals surface area (Å²) >= 11 is 0. The third-order valence-electron chi connectivity index (χ3n) is 2.90. The number of nitrogens with zero attached hydrogens (tertiary/aromatic N) is 1. The van der Waals surface area contributed by atoms with Gasteiger partial charge < -0.3 is 14.6 Å². The molecule has 1 aromatic heterocycles. The summed E-state index contributed by atoms with van der Waals surface area (Å²) in [7, 11) is 0. The molecule has 1 fully saturated rings. The first-order valence-corrected chi connectivity index (χ1v) is 6.48. The molecule has 2 N–H and O–H groups in total. The lowest BCUT2D eigenvalue weighted by Gasteiger charge is -2.25. The molecule has 0 spiro atoms. The van der Waals surface area contributed by atoms with Crippen LogP contribution in [0.1, 0.15) is 23.4 Å². The summed E-state index contributed by atoms with van der Waals surface area (Å²) in [6, 6.07) is 3.15. The van der Waals surface area contributed by atoms with Crippen molar-refractivity contribution in [2.75, 3.05) is 19.6 Å². The van der Waals surface area contributed by atoms with Gasteiger partial charge in [-0.2, -0.15) is 0 Å². The highest BCUT2D eigenvalue weighted by atomic mass is 16.3. The summed E-state index contributed by atoms with van der Waals surface area (Å²) in [4.78, 5) is 46.9. The van der Waals surface area contributed by atoms with Crippen molar-refractivity contribution in [3.05, 3.63) is 24.2 Å². The van der Waals surface area contributed by atoms with Gasteiger partial charge in [-0.25, -0.2) is 0 Å². The zero-order valence-corrected chi connectivity index (χ0v) is 11.3. The fraction of sp³-hybridized carbons (Fsp3) is 0.385. The summed E-state index contributed by atoms with van der Waals surface area (Å²) in [5.74, 6) is -1.39. The molecule has 112 valence electrons. The molecule has 1 aliphatic heterocycles. The van der Waals surface area contributed by atoms with Gasteiger partial charge in [0.25, 0.3) is 5.91 Å². The minimum absolute atomic E-state index is 0.108. The Bertz CT molecular complexity index is 536. The lowest BCUT2D eigenvalue weighted by Crippen LogP contribution is -2.53. The van der Waals surface area contributed by atoms with Crippen molar-refractivity contribution in [2.45, 2.75) is 12.8 Å². The summed E-state index contributed by atoms with van der Waals surface area (Å²) in [6.45, 7) is 0.0892. The Morgan fingerprint density at radius 2 is 2.00 bits per heavy atom. The lowest BCUT2D eigenvalue weighted by molar-refractivity contribution is -0.145. The summed E-state index contributed by atoms with van der Waals surface area (Å²) in [5, 5.41) is 4.73. The maximum atomic E-state index is 11.8. The molecule has 0 aromatic carbocycles. The third kappa shape index (κ3) is 4.16. The van der Waals surface area contributed by atoms with Crippen LogP contribution in [0.5, 0.6) is 0 Å². The van der Waals surface area contributed by atoms with Crippen LogP contribution < -0.4 is 10.6 Å². The molecule has 4 amide bonds. The maximum Gasteiger partial charge on any atom is 0.286 e. The molecule has 0 aliphatic carbocycles. The van der Waals surface area contributed by atoms with Crippen LogP contribution in [0.4, 0.5) is 0 Å². The molecule has 21 heavy (non-hydrogen) atoms. The number of hydrogen-bond acceptors (Lipinski definition) is 5. The quantitative estimate of drug-likeness (QED) is 0.550. The van der Waals surface area contributed by atoms with Crippen molar-refractivity contribution in [3.8, 4) is 0 Å². The van der Waals surface area contributed by atoms with Gasteiger partial charge in [0.2, 0.25) is 17.7 Å². The summed E-state index contributed by atoms with van der Waals surface area (Å²) in [6.07, 6.45) is 1.97. The minimum atomic E-state index is -0.481. The van der Waals surface area contributed by atoms with E-state index >= 15 is 0 Å².